The van der Waals surface area contributed by atoms with Gasteiger partial charge in [0.05, 0.1) is 29.2 Å². The number of benzene rings is 1. The van der Waals surface area contributed by atoms with E-state index in [1.54, 1.807) is 6.07 Å². The van der Waals surface area contributed by atoms with Crippen LogP contribution in [0.3, 0.4) is 0 Å². The molecular weight excluding hydrogens is 323 g/mol. The van der Waals surface area contributed by atoms with Gasteiger partial charge in [0, 0.05) is 18.5 Å². The van der Waals surface area contributed by atoms with Crippen molar-refractivity contribution in [3.63, 3.8) is 0 Å². The Balaban J connectivity index is 1.65. The summed E-state index contributed by atoms with van der Waals surface area (Å²) in [6, 6.07) is 4.69. The van der Waals surface area contributed by atoms with Gasteiger partial charge in [-0.05, 0) is 37.5 Å². The average molecular weight is 342 g/mol. The molecular formula is C18H19FN4O2. The number of morpholine rings is 1. The van der Waals surface area contributed by atoms with Crippen LogP contribution in [0.1, 0.15) is 19.3 Å². The van der Waals surface area contributed by atoms with Crippen molar-refractivity contribution >= 4 is 27.8 Å². The molecule has 2 aliphatic rings. The number of aromatic amines is 1. The molecule has 0 radical (unpaired) electrons. The Morgan fingerprint density at radius 1 is 1.36 bits per heavy atom. The van der Waals surface area contributed by atoms with E-state index in [1.807, 2.05) is 0 Å². The van der Waals surface area contributed by atoms with Crippen LogP contribution in [0.2, 0.25) is 0 Å². The van der Waals surface area contributed by atoms with Gasteiger partial charge >= 0.3 is 0 Å². The lowest BCUT2D eigenvalue weighted by Gasteiger charge is -2.51. The molecule has 5 rings (SSSR count). The number of aliphatic hydroxyl groups excluding tert-OH is 1. The number of fused-ring (bicyclic) bond motifs is 3. The summed E-state index contributed by atoms with van der Waals surface area (Å²) in [5.41, 5.74) is 1.23. The van der Waals surface area contributed by atoms with Crippen molar-refractivity contribution in [2.75, 3.05) is 24.6 Å². The molecule has 130 valence electrons. The Morgan fingerprint density at radius 3 is 3.00 bits per heavy atom. The van der Waals surface area contributed by atoms with Crippen LogP contribution in [0, 0.1) is 5.82 Å². The molecule has 1 spiro atoms. The first-order valence-corrected chi connectivity index (χ1v) is 8.63. The maximum atomic E-state index is 13.6. The minimum absolute atomic E-state index is 0.00836. The van der Waals surface area contributed by atoms with Crippen LogP contribution in [-0.4, -0.2) is 51.5 Å². The van der Waals surface area contributed by atoms with Crippen LogP contribution < -0.4 is 4.90 Å². The van der Waals surface area contributed by atoms with Crippen LogP contribution in [0.5, 0.6) is 0 Å². The van der Waals surface area contributed by atoms with Gasteiger partial charge in [-0.15, -0.1) is 0 Å². The van der Waals surface area contributed by atoms with E-state index < -0.39 is 0 Å². The maximum absolute atomic E-state index is 13.6. The Bertz CT molecular complexity index is 953. The smallest absolute Gasteiger partial charge is 0.143 e. The summed E-state index contributed by atoms with van der Waals surface area (Å²) in [6.45, 7) is 1.33. The first kappa shape index (κ1) is 15.0. The number of nitrogens with one attached hydrogen (secondary N) is 1. The summed E-state index contributed by atoms with van der Waals surface area (Å²) in [7, 11) is 0. The highest BCUT2D eigenvalue weighted by atomic mass is 19.1. The van der Waals surface area contributed by atoms with Gasteiger partial charge in [0.2, 0.25) is 0 Å². The molecule has 2 aromatic heterocycles. The number of hydrogen-bond acceptors (Lipinski definition) is 5. The minimum atomic E-state index is -0.284. The lowest BCUT2D eigenvalue weighted by atomic mass is 9.78. The second-order valence-corrected chi connectivity index (χ2v) is 7.08. The SMILES string of the molecule is OC[C@H]1CN(c2ncnc3[nH]c4cc(F)ccc4c23)CC2(CCC2)O1. The van der Waals surface area contributed by atoms with Crippen molar-refractivity contribution in [1.29, 1.82) is 0 Å². The highest BCUT2D eigenvalue weighted by molar-refractivity contribution is 6.11. The van der Waals surface area contributed by atoms with Gasteiger partial charge in [0.1, 0.15) is 23.6 Å². The molecule has 3 aromatic rings. The van der Waals surface area contributed by atoms with E-state index >= 15 is 0 Å². The summed E-state index contributed by atoms with van der Waals surface area (Å²) >= 11 is 0. The van der Waals surface area contributed by atoms with E-state index in [1.165, 1.54) is 18.5 Å². The first-order valence-electron chi connectivity index (χ1n) is 8.63. The van der Waals surface area contributed by atoms with Gasteiger partial charge in [0.25, 0.3) is 0 Å². The first-order chi connectivity index (χ1) is 12.2. The summed E-state index contributed by atoms with van der Waals surface area (Å²) in [5, 5.41) is 11.4. The van der Waals surface area contributed by atoms with Crippen molar-refractivity contribution in [1.82, 2.24) is 15.0 Å². The zero-order valence-corrected chi connectivity index (χ0v) is 13.7. The zero-order valence-electron chi connectivity index (χ0n) is 13.7. The predicted octanol–water partition coefficient (Wildman–Crippen LogP) is 2.37. The molecule has 1 aliphatic heterocycles. The number of aromatic nitrogens is 3. The summed E-state index contributed by atoms with van der Waals surface area (Å²) < 4.78 is 19.7. The molecule has 1 atom stereocenters. The Morgan fingerprint density at radius 2 is 2.24 bits per heavy atom. The van der Waals surface area contributed by atoms with Crippen molar-refractivity contribution in [3.05, 3.63) is 30.3 Å². The van der Waals surface area contributed by atoms with E-state index in [-0.39, 0.29) is 24.1 Å². The lowest BCUT2D eigenvalue weighted by molar-refractivity contribution is -0.159. The Hall–Kier alpha value is -2.25. The summed E-state index contributed by atoms with van der Waals surface area (Å²) in [5.74, 6) is 0.532. The molecule has 3 heterocycles. The van der Waals surface area contributed by atoms with Crippen molar-refractivity contribution in [2.45, 2.75) is 31.0 Å². The normalized spacial score (nSPS) is 22.6. The molecule has 0 bridgehead atoms. The van der Waals surface area contributed by atoms with Gasteiger partial charge in [-0.1, -0.05) is 0 Å². The van der Waals surface area contributed by atoms with E-state index in [2.05, 4.69) is 19.9 Å². The standard InChI is InChI=1S/C18H19FN4O2/c19-11-2-3-13-14(6-11)22-16-15(13)17(21-10-20-16)23-7-12(8-24)25-18(9-23)4-1-5-18/h2-3,6,10,12,24H,1,4-5,7-9H2,(H,20,21,22)/t12-/m1/s1. The van der Waals surface area contributed by atoms with Crippen LogP contribution in [-0.2, 0) is 4.74 Å². The van der Waals surface area contributed by atoms with Crippen LogP contribution in [0.25, 0.3) is 21.9 Å². The van der Waals surface area contributed by atoms with Gasteiger partial charge in [0.15, 0.2) is 0 Å². The van der Waals surface area contributed by atoms with E-state index in [4.69, 9.17) is 4.74 Å². The van der Waals surface area contributed by atoms with E-state index in [0.717, 1.165) is 42.4 Å². The average Bonchev–Trinajstić information content (AvgIpc) is 2.97. The molecule has 1 saturated carbocycles. The predicted molar refractivity (Wildman–Crippen MR) is 92.1 cm³/mol. The fourth-order valence-corrected chi connectivity index (χ4v) is 4.11. The highest BCUT2D eigenvalue weighted by Crippen LogP contribution is 2.42. The molecule has 2 fully saturated rings. The third-order valence-corrected chi connectivity index (χ3v) is 5.42. The second kappa shape index (κ2) is 5.37. The largest absolute Gasteiger partial charge is 0.394 e. The van der Waals surface area contributed by atoms with Crippen LogP contribution >= 0.6 is 0 Å². The number of nitrogens with zero attached hydrogens (tertiary/aromatic N) is 3. The summed E-state index contributed by atoms with van der Waals surface area (Å²) in [4.78, 5) is 14.2. The van der Waals surface area contributed by atoms with Gasteiger partial charge < -0.3 is 19.7 Å². The number of rotatable bonds is 2. The lowest BCUT2D eigenvalue weighted by Crippen LogP contribution is -2.60. The molecule has 1 aromatic carbocycles. The molecule has 6 nitrogen and oxygen atoms in total. The maximum Gasteiger partial charge on any atom is 0.143 e. The highest BCUT2D eigenvalue weighted by Gasteiger charge is 2.45. The molecule has 0 amide bonds. The number of hydrogen-bond donors (Lipinski definition) is 2. The van der Waals surface area contributed by atoms with Crippen molar-refractivity contribution in [3.8, 4) is 0 Å². The third-order valence-electron chi connectivity index (χ3n) is 5.42. The number of H-pyrrole nitrogens is 1. The van der Waals surface area contributed by atoms with Crippen LogP contribution in [0.4, 0.5) is 10.2 Å². The minimum Gasteiger partial charge on any atom is -0.394 e. The topological polar surface area (TPSA) is 74.3 Å². The third kappa shape index (κ3) is 2.30. The molecule has 7 heteroatoms. The number of ether oxygens (including phenoxy) is 1. The van der Waals surface area contributed by atoms with Crippen LogP contribution in [0.15, 0.2) is 24.5 Å². The quantitative estimate of drug-likeness (QED) is 0.748. The molecule has 0 unspecified atom stereocenters. The Labute approximate surface area is 143 Å². The number of aliphatic hydroxyl groups is 1. The Kier molecular flexibility index (Phi) is 3.23. The number of anilines is 1. The zero-order chi connectivity index (χ0) is 17.0. The van der Waals surface area contributed by atoms with Gasteiger partial charge in [-0.25, -0.2) is 14.4 Å². The monoisotopic (exact) mass is 342 g/mol. The van der Waals surface area contributed by atoms with Gasteiger partial charge in [-0.2, -0.15) is 0 Å². The van der Waals surface area contributed by atoms with E-state index in [0.29, 0.717) is 17.7 Å². The molecule has 1 saturated heterocycles. The fourth-order valence-electron chi connectivity index (χ4n) is 4.11. The van der Waals surface area contributed by atoms with Crippen molar-refractivity contribution in [2.24, 2.45) is 0 Å². The number of halogens is 1. The fraction of sp³-hybridized carbons (Fsp3) is 0.444. The molecule has 25 heavy (non-hydrogen) atoms. The van der Waals surface area contributed by atoms with Crippen molar-refractivity contribution < 1.29 is 14.2 Å². The molecule has 1 aliphatic carbocycles. The summed E-state index contributed by atoms with van der Waals surface area (Å²) in [6.07, 6.45) is 4.47. The second-order valence-electron chi connectivity index (χ2n) is 7.08. The van der Waals surface area contributed by atoms with E-state index in [9.17, 15) is 9.50 Å². The molecule has 2 N–H and O–H groups in total. The van der Waals surface area contributed by atoms with Gasteiger partial charge in [-0.3, -0.25) is 0 Å².